The third kappa shape index (κ3) is 3.20. The predicted molar refractivity (Wildman–Crippen MR) is 67.4 cm³/mol. The Morgan fingerprint density at radius 3 is 2.72 bits per heavy atom. The second-order valence-electron chi connectivity index (χ2n) is 4.12. The number of hydrogen-bond acceptors (Lipinski definition) is 3. The Hall–Kier alpha value is -1.62. The number of pyridine rings is 1. The van der Waals surface area contributed by atoms with Gasteiger partial charge in [0, 0.05) is 13.1 Å². The average Bonchev–Trinajstić information content (AvgIpc) is 2.89. The molecule has 0 saturated carbocycles. The highest BCUT2D eigenvalue weighted by molar-refractivity contribution is 6.29. The Morgan fingerprint density at radius 2 is 2.06 bits per heavy atom. The molecule has 1 N–H and O–H groups in total. The molecule has 2 amide bonds. The maximum atomic E-state index is 11.7. The molecule has 1 fully saturated rings. The quantitative estimate of drug-likeness (QED) is 0.834. The van der Waals surface area contributed by atoms with Gasteiger partial charge in [0.1, 0.15) is 10.8 Å². The molecule has 1 saturated heterocycles. The van der Waals surface area contributed by atoms with E-state index in [0.717, 1.165) is 25.9 Å². The summed E-state index contributed by atoms with van der Waals surface area (Å²) in [7, 11) is 0. The summed E-state index contributed by atoms with van der Waals surface area (Å²) in [6.07, 6.45) is 2.07. The molecule has 0 aromatic carbocycles. The second kappa shape index (κ2) is 5.82. The van der Waals surface area contributed by atoms with Crippen molar-refractivity contribution in [2.45, 2.75) is 12.8 Å². The fourth-order valence-electron chi connectivity index (χ4n) is 1.86. The molecule has 18 heavy (non-hydrogen) atoms. The second-order valence-corrected chi connectivity index (χ2v) is 4.50. The molecule has 1 aromatic heterocycles. The van der Waals surface area contributed by atoms with Crippen LogP contribution in [0.1, 0.15) is 23.3 Å². The molecule has 6 heteroatoms. The Kier molecular flexibility index (Phi) is 4.15. The van der Waals surface area contributed by atoms with Gasteiger partial charge in [0.25, 0.3) is 5.91 Å². The zero-order valence-electron chi connectivity index (χ0n) is 9.86. The lowest BCUT2D eigenvalue weighted by atomic mass is 10.3. The first-order chi connectivity index (χ1) is 8.66. The monoisotopic (exact) mass is 267 g/mol. The Morgan fingerprint density at radius 1 is 1.33 bits per heavy atom. The Labute approximate surface area is 110 Å². The first kappa shape index (κ1) is 12.8. The minimum Gasteiger partial charge on any atom is -0.342 e. The van der Waals surface area contributed by atoms with E-state index in [1.807, 2.05) is 0 Å². The molecular formula is C12H14ClN3O2. The van der Waals surface area contributed by atoms with E-state index in [-0.39, 0.29) is 29.2 Å². The van der Waals surface area contributed by atoms with Crippen molar-refractivity contribution in [1.82, 2.24) is 15.2 Å². The molecule has 0 atom stereocenters. The van der Waals surface area contributed by atoms with E-state index in [0.29, 0.717) is 0 Å². The van der Waals surface area contributed by atoms with E-state index >= 15 is 0 Å². The van der Waals surface area contributed by atoms with E-state index in [4.69, 9.17) is 11.6 Å². The van der Waals surface area contributed by atoms with Crippen molar-refractivity contribution in [3.8, 4) is 0 Å². The van der Waals surface area contributed by atoms with Gasteiger partial charge in [-0.1, -0.05) is 17.7 Å². The Balaban J connectivity index is 1.86. The first-order valence-electron chi connectivity index (χ1n) is 5.85. The van der Waals surface area contributed by atoms with Crippen molar-refractivity contribution in [2.75, 3.05) is 19.6 Å². The van der Waals surface area contributed by atoms with Crippen LogP contribution in [0, 0.1) is 0 Å². The van der Waals surface area contributed by atoms with E-state index in [1.165, 1.54) is 0 Å². The average molecular weight is 268 g/mol. The number of rotatable bonds is 3. The van der Waals surface area contributed by atoms with Crippen LogP contribution >= 0.6 is 11.6 Å². The molecule has 1 aliphatic heterocycles. The van der Waals surface area contributed by atoms with Crippen molar-refractivity contribution in [3.63, 3.8) is 0 Å². The van der Waals surface area contributed by atoms with E-state index in [2.05, 4.69) is 10.3 Å². The highest BCUT2D eigenvalue weighted by Crippen LogP contribution is 2.07. The lowest BCUT2D eigenvalue weighted by Crippen LogP contribution is -2.38. The number of carbonyl (C=O) groups is 2. The van der Waals surface area contributed by atoms with Crippen LogP contribution in [0.2, 0.25) is 5.15 Å². The summed E-state index contributed by atoms with van der Waals surface area (Å²) in [6, 6.07) is 4.79. The minimum atomic E-state index is -0.384. The zero-order chi connectivity index (χ0) is 13.0. The normalized spacial score (nSPS) is 14.6. The Bertz CT molecular complexity index is 458. The van der Waals surface area contributed by atoms with Crippen LogP contribution in [-0.4, -0.2) is 41.3 Å². The number of aromatic nitrogens is 1. The van der Waals surface area contributed by atoms with Crippen LogP contribution in [-0.2, 0) is 4.79 Å². The smallest absolute Gasteiger partial charge is 0.270 e. The fraction of sp³-hybridized carbons (Fsp3) is 0.417. The molecule has 5 nitrogen and oxygen atoms in total. The van der Waals surface area contributed by atoms with Crippen molar-refractivity contribution in [1.29, 1.82) is 0 Å². The first-order valence-corrected chi connectivity index (χ1v) is 6.23. The molecule has 0 spiro atoms. The van der Waals surface area contributed by atoms with Gasteiger partial charge in [-0.25, -0.2) is 4.98 Å². The molecule has 2 heterocycles. The summed E-state index contributed by atoms with van der Waals surface area (Å²) in [5.74, 6) is -0.437. The van der Waals surface area contributed by atoms with Crippen LogP contribution in [0.5, 0.6) is 0 Å². The summed E-state index contributed by atoms with van der Waals surface area (Å²) < 4.78 is 0. The minimum absolute atomic E-state index is 0.00697. The zero-order valence-corrected chi connectivity index (χ0v) is 10.6. The molecule has 0 aliphatic carbocycles. The molecule has 2 rings (SSSR count). The number of nitrogens with zero attached hydrogens (tertiary/aromatic N) is 2. The molecule has 1 aromatic rings. The molecule has 1 aliphatic rings. The van der Waals surface area contributed by atoms with Gasteiger partial charge >= 0.3 is 0 Å². The van der Waals surface area contributed by atoms with E-state index < -0.39 is 0 Å². The largest absolute Gasteiger partial charge is 0.342 e. The number of amides is 2. The summed E-state index contributed by atoms with van der Waals surface area (Å²) in [5.41, 5.74) is 0.219. The third-order valence-corrected chi connectivity index (χ3v) is 3.02. The standard InChI is InChI=1S/C12H14ClN3O2/c13-10-5-3-4-9(15-10)12(18)14-8-11(17)16-6-1-2-7-16/h3-5H,1-2,6-8H2,(H,14,18). The van der Waals surface area contributed by atoms with Crippen molar-refractivity contribution in [3.05, 3.63) is 29.0 Å². The summed E-state index contributed by atoms with van der Waals surface area (Å²) >= 11 is 5.69. The van der Waals surface area contributed by atoms with E-state index in [1.54, 1.807) is 23.1 Å². The highest BCUT2D eigenvalue weighted by atomic mass is 35.5. The van der Waals surface area contributed by atoms with Crippen LogP contribution in [0.15, 0.2) is 18.2 Å². The van der Waals surface area contributed by atoms with Gasteiger partial charge in [-0.3, -0.25) is 9.59 Å². The lowest BCUT2D eigenvalue weighted by molar-refractivity contribution is -0.129. The topological polar surface area (TPSA) is 62.3 Å². The number of likely N-dealkylation sites (tertiary alicyclic amines) is 1. The fourth-order valence-corrected chi connectivity index (χ4v) is 2.02. The van der Waals surface area contributed by atoms with Gasteiger partial charge in [0.05, 0.1) is 6.54 Å². The van der Waals surface area contributed by atoms with Crippen LogP contribution in [0.25, 0.3) is 0 Å². The molecule has 0 bridgehead atoms. The van der Waals surface area contributed by atoms with Crippen molar-refractivity contribution < 1.29 is 9.59 Å². The van der Waals surface area contributed by atoms with Crippen LogP contribution in [0.4, 0.5) is 0 Å². The predicted octanol–water partition coefficient (Wildman–Crippen LogP) is 1.09. The van der Waals surface area contributed by atoms with Crippen molar-refractivity contribution in [2.24, 2.45) is 0 Å². The lowest BCUT2D eigenvalue weighted by Gasteiger charge is -2.15. The number of halogens is 1. The molecule has 0 unspecified atom stereocenters. The van der Waals surface area contributed by atoms with Crippen LogP contribution < -0.4 is 5.32 Å². The number of nitrogens with one attached hydrogen (secondary N) is 1. The van der Waals surface area contributed by atoms with Gasteiger partial charge in [-0.15, -0.1) is 0 Å². The van der Waals surface area contributed by atoms with Gasteiger partial charge in [-0.2, -0.15) is 0 Å². The van der Waals surface area contributed by atoms with Crippen molar-refractivity contribution >= 4 is 23.4 Å². The number of carbonyl (C=O) groups excluding carboxylic acids is 2. The van der Waals surface area contributed by atoms with Gasteiger partial charge in [0.2, 0.25) is 5.91 Å². The molecular weight excluding hydrogens is 254 g/mol. The van der Waals surface area contributed by atoms with Gasteiger partial charge in [-0.05, 0) is 25.0 Å². The van der Waals surface area contributed by atoms with E-state index in [9.17, 15) is 9.59 Å². The molecule has 96 valence electrons. The SMILES string of the molecule is O=C(NCC(=O)N1CCCC1)c1cccc(Cl)n1. The van der Waals surface area contributed by atoms with Gasteiger partial charge < -0.3 is 10.2 Å². The maximum absolute atomic E-state index is 11.7. The highest BCUT2D eigenvalue weighted by Gasteiger charge is 2.18. The van der Waals surface area contributed by atoms with Crippen LogP contribution in [0.3, 0.4) is 0 Å². The maximum Gasteiger partial charge on any atom is 0.270 e. The number of hydrogen-bond donors (Lipinski definition) is 1. The third-order valence-electron chi connectivity index (χ3n) is 2.81. The summed E-state index contributed by atoms with van der Waals surface area (Å²) in [6.45, 7) is 1.57. The summed E-state index contributed by atoms with van der Waals surface area (Å²) in [5, 5.41) is 2.81. The summed E-state index contributed by atoms with van der Waals surface area (Å²) in [4.78, 5) is 29.1. The van der Waals surface area contributed by atoms with Gasteiger partial charge in [0.15, 0.2) is 0 Å². The molecule has 0 radical (unpaired) electrons.